The number of thiophene rings is 1. The molecule has 2 aliphatic heterocycles. The fourth-order valence-electron chi connectivity index (χ4n) is 4.39. The maximum absolute atomic E-state index is 12.9. The van der Waals surface area contributed by atoms with Crippen LogP contribution in [-0.4, -0.2) is 73.5 Å². The Balaban J connectivity index is 1.39. The summed E-state index contributed by atoms with van der Waals surface area (Å²) in [6.07, 6.45) is 2.06. The number of rotatable bonds is 7. The van der Waals surface area contributed by atoms with Gasteiger partial charge in [-0.1, -0.05) is 6.07 Å². The molecule has 0 aliphatic carbocycles. The topological polar surface area (TPSA) is 108 Å². The molecule has 0 bridgehead atoms. The number of anilines is 1. The van der Waals surface area contributed by atoms with Gasteiger partial charge in [-0.3, -0.25) is 9.69 Å². The number of piperazine rings is 1. The number of amides is 1. The van der Waals surface area contributed by atoms with Crippen molar-refractivity contribution in [3.63, 3.8) is 0 Å². The molecule has 4 rings (SSSR count). The van der Waals surface area contributed by atoms with E-state index in [9.17, 15) is 18.5 Å². The van der Waals surface area contributed by atoms with Crippen molar-refractivity contribution < 1.29 is 17.9 Å². The van der Waals surface area contributed by atoms with Crippen LogP contribution in [0.4, 0.5) is 5.82 Å². The van der Waals surface area contributed by atoms with Gasteiger partial charge in [0.25, 0.3) is 10.0 Å². The first kappa shape index (κ1) is 23.9. The fourth-order valence-corrected chi connectivity index (χ4v) is 6.96. The third-order valence-corrected chi connectivity index (χ3v) is 9.67. The maximum atomic E-state index is 12.9. The normalized spacial score (nSPS) is 20.1. The lowest BCUT2D eigenvalue weighted by atomic mass is 10.2. The molecule has 178 valence electrons. The second-order valence-electron chi connectivity index (χ2n) is 8.45. The Bertz CT molecular complexity index is 1140. The first-order valence-corrected chi connectivity index (χ1v) is 13.4. The third-order valence-electron chi connectivity index (χ3n) is 6.40. The Morgan fingerprint density at radius 1 is 1.30 bits per heavy atom. The molecule has 33 heavy (non-hydrogen) atoms. The van der Waals surface area contributed by atoms with E-state index in [1.54, 1.807) is 17.5 Å². The number of carbonyl (C=O) groups excluding carboxylic acids is 1. The van der Waals surface area contributed by atoms with E-state index in [0.717, 1.165) is 30.7 Å². The van der Waals surface area contributed by atoms with Crippen LogP contribution in [0.5, 0.6) is 0 Å². The van der Waals surface area contributed by atoms with E-state index >= 15 is 0 Å². The molecule has 2 aliphatic rings. The summed E-state index contributed by atoms with van der Waals surface area (Å²) in [5, 5.41) is 14.4. The highest BCUT2D eigenvalue weighted by atomic mass is 32.2. The van der Waals surface area contributed by atoms with Crippen molar-refractivity contribution in [3.8, 4) is 6.07 Å². The summed E-state index contributed by atoms with van der Waals surface area (Å²) in [6.45, 7) is 6.94. The molecule has 2 aromatic rings. The van der Waals surface area contributed by atoms with Crippen LogP contribution in [0.15, 0.2) is 21.7 Å². The standard InChI is InChI=1S/C22H29N5O4S2/c1-16-17(2)27(14-18-5-3-11-31-18)22(19(16)13-23)24-20(28)15-25-7-9-26(10-8-25)33(29,30)21-6-4-12-32-21/h4,6,12,18H,3,5,7-11,14-15H2,1-2H3,(H,24,28)/t18-/m1/s1. The van der Waals surface area contributed by atoms with Gasteiger partial charge in [-0.15, -0.1) is 11.3 Å². The van der Waals surface area contributed by atoms with Crippen LogP contribution in [0.3, 0.4) is 0 Å². The minimum absolute atomic E-state index is 0.0797. The summed E-state index contributed by atoms with van der Waals surface area (Å²) in [7, 11) is -3.47. The summed E-state index contributed by atoms with van der Waals surface area (Å²) in [4.78, 5) is 14.8. The second kappa shape index (κ2) is 9.95. The molecule has 1 N–H and O–H groups in total. The summed E-state index contributed by atoms with van der Waals surface area (Å²) < 4.78 is 35.0. The van der Waals surface area contributed by atoms with Crippen LogP contribution in [0, 0.1) is 25.2 Å². The maximum Gasteiger partial charge on any atom is 0.252 e. The number of carbonyl (C=O) groups is 1. The average molecular weight is 492 g/mol. The van der Waals surface area contributed by atoms with Crippen molar-refractivity contribution in [1.82, 2.24) is 13.8 Å². The summed E-state index contributed by atoms with van der Waals surface area (Å²) in [5.41, 5.74) is 2.29. The molecule has 0 spiro atoms. The minimum atomic E-state index is -3.47. The number of nitrogens with one attached hydrogen (secondary N) is 1. The van der Waals surface area contributed by atoms with Crippen molar-refractivity contribution in [2.24, 2.45) is 0 Å². The molecule has 4 heterocycles. The van der Waals surface area contributed by atoms with Crippen LogP contribution in [0.1, 0.15) is 29.7 Å². The van der Waals surface area contributed by atoms with Crippen molar-refractivity contribution in [3.05, 3.63) is 34.3 Å². The minimum Gasteiger partial charge on any atom is -0.376 e. The molecule has 1 amide bonds. The highest BCUT2D eigenvalue weighted by molar-refractivity contribution is 7.91. The molecular formula is C22H29N5O4S2. The average Bonchev–Trinajstić information content (AvgIpc) is 3.54. The number of nitrogens with zero attached hydrogens (tertiary/aromatic N) is 4. The zero-order valence-corrected chi connectivity index (χ0v) is 20.5. The first-order valence-electron chi connectivity index (χ1n) is 11.1. The molecular weight excluding hydrogens is 462 g/mol. The van der Waals surface area contributed by atoms with Crippen LogP contribution in [-0.2, 0) is 26.1 Å². The molecule has 0 saturated carbocycles. The Morgan fingerprint density at radius 3 is 2.67 bits per heavy atom. The summed E-state index contributed by atoms with van der Waals surface area (Å²) >= 11 is 1.21. The molecule has 1 atom stereocenters. The smallest absolute Gasteiger partial charge is 0.252 e. The van der Waals surface area contributed by atoms with E-state index < -0.39 is 10.0 Å². The second-order valence-corrected chi connectivity index (χ2v) is 11.6. The molecule has 2 saturated heterocycles. The predicted octanol–water partition coefficient (Wildman–Crippen LogP) is 2.16. The molecule has 11 heteroatoms. The van der Waals surface area contributed by atoms with Gasteiger partial charge in [-0.2, -0.15) is 9.57 Å². The van der Waals surface area contributed by atoms with Crippen molar-refractivity contribution in [2.75, 3.05) is 44.6 Å². The van der Waals surface area contributed by atoms with Gasteiger partial charge in [0.15, 0.2) is 0 Å². The van der Waals surface area contributed by atoms with Gasteiger partial charge in [0, 0.05) is 38.5 Å². The SMILES string of the molecule is Cc1c(C#N)c(NC(=O)CN2CCN(S(=O)(=O)c3cccs3)CC2)n(C[C@H]2CCCO2)c1C. The quantitative estimate of drug-likeness (QED) is 0.636. The Kier molecular flexibility index (Phi) is 7.21. The number of hydrogen-bond donors (Lipinski definition) is 1. The molecule has 0 radical (unpaired) electrons. The first-order chi connectivity index (χ1) is 15.8. The molecule has 2 aromatic heterocycles. The lowest BCUT2D eigenvalue weighted by Crippen LogP contribution is -2.50. The number of nitriles is 1. The van der Waals surface area contributed by atoms with Crippen LogP contribution < -0.4 is 5.32 Å². The van der Waals surface area contributed by atoms with Gasteiger partial charge >= 0.3 is 0 Å². The van der Waals surface area contributed by atoms with Gasteiger partial charge in [-0.05, 0) is 43.7 Å². The molecule has 2 fully saturated rings. The Labute approximate surface area is 198 Å². The monoisotopic (exact) mass is 491 g/mol. The highest BCUT2D eigenvalue weighted by Gasteiger charge is 2.30. The number of sulfonamides is 1. The lowest BCUT2D eigenvalue weighted by molar-refractivity contribution is -0.117. The molecule has 0 aromatic carbocycles. The number of aromatic nitrogens is 1. The van der Waals surface area contributed by atoms with Crippen LogP contribution in [0.25, 0.3) is 0 Å². The summed E-state index contributed by atoms with van der Waals surface area (Å²) in [6, 6.07) is 5.57. The number of hydrogen-bond acceptors (Lipinski definition) is 7. The van der Waals surface area contributed by atoms with E-state index in [2.05, 4.69) is 11.4 Å². The van der Waals surface area contributed by atoms with Gasteiger partial charge in [0.1, 0.15) is 16.1 Å². The van der Waals surface area contributed by atoms with Crippen LogP contribution >= 0.6 is 11.3 Å². The predicted molar refractivity (Wildman–Crippen MR) is 126 cm³/mol. The fraction of sp³-hybridized carbons (Fsp3) is 0.545. The zero-order valence-electron chi connectivity index (χ0n) is 18.9. The molecule has 0 unspecified atom stereocenters. The van der Waals surface area contributed by atoms with E-state index in [4.69, 9.17) is 4.74 Å². The van der Waals surface area contributed by atoms with Crippen LogP contribution in [0.2, 0.25) is 0 Å². The van der Waals surface area contributed by atoms with Gasteiger partial charge in [-0.25, -0.2) is 8.42 Å². The largest absolute Gasteiger partial charge is 0.376 e. The van der Waals surface area contributed by atoms with Crippen molar-refractivity contribution in [1.29, 1.82) is 5.26 Å². The van der Waals surface area contributed by atoms with E-state index in [0.29, 0.717) is 48.3 Å². The van der Waals surface area contributed by atoms with Crippen molar-refractivity contribution >= 4 is 33.1 Å². The van der Waals surface area contributed by atoms with Gasteiger partial charge in [0.2, 0.25) is 5.91 Å². The van der Waals surface area contributed by atoms with Gasteiger partial charge in [0.05, 0.1) is 24.8 Å². The van der Waals surface area contributed by atoms with E-state index in [1.807, 2.05) is 23.3 Å². The van der Waals surface area contributed by atoms with E-state index in [-0.39, 0.29) is 18.6 Å². The Morgan fingerprint density at radius 2 is 2.06 bits per heavy atom. The third kappa shape index (κ3) is 5.00. The summed E-state index contributed by atoms with van der Waals surface area (Å²) in [5.74, 6) is 0.305. The molecule has 9 nitrogen and oxygen atoms in total. The highest BCUT2D eigenvalue weighted by Crippen LogP contribution is 2.28. The number of ether oxygens (including phenoxy) is 1. The lowest BCUT2D eigenvalue weighted by Gasteiger charge is -2.33. The van der Waals surface area contributed by atoms with E-state index in [1.165, 1.54) is 15.6 Å². The van der Waals surface area contributed by atoms with Crippen molar-refractivity contribution in [2.45, 2.75) is 43.5 Å². The Hall–Kier alpha value is -2.23. The van der Waals surface area contributed by atoms with Gasteiger partial charge < -0.3 is 14.6 Å². The zero-order chi connectivity index (χ0) is 23.6.